The smallest absolute Gasteiger partial charge is 0.261 e. The zero-order valence-corrected chi connectivity index (χ0v) is 18.2. The Morgan fingerprint density at radius 1 is 1.14 bits per heavy atom. The van der Waals surface area contributed by atoms with E-state index in [-0.39, 0.29) is 24.0 Å². The van der Waals surface area contributed by atoms with Crippen LogP contribution in [-0.4, -0.2) is 52.0 Å². The molecular weight excluding hydrogens is 416 g/mol. The number of ether oxygens (including phenoxy) is 2. The van der Waals surface area contributed by atoms with Gasteiger partial charge in [0, 0.05) is 19.1 Å². The molecule has 2 rings (SSSR count). The molecule has 0 aromatic heterocycles. The van der Waals surface area contributed by atoms with E-state index in [9.17, 15) is 13.2 Å². The predicted octanol–water partition coefficient (Wildman–Crippen LogP) is 2.94. The first-order chi connectivity index (χ1) is 13.7. The molecule has 0 aliphatic rings. The number of carbonyl (C=O) groups is 1. The number of sulfonamides is 1. The first-order valence-electron chi connectivity index (χ1n) is 9.09. The summed E-state index contributed by atoms with van der Waals surface area (Å²) in [4.78, 5) is 12.5. The molecule has 0 radical (unpaired) electrons. The Morgan fingerprint density at radius 3 is 2.41 bits per heavy atom. The quantitative estimate of drug-likeness (QED) is 0.574. The average Bonchev–Trinajstić information content (AvgIpc) is 2.69. The number of halogens is 1. The average molecular weight is 441 g/mol. The maximum absolute atomic E-state index is 12.3. The summed E-state index contributed by atoms with van der Waals surface area (Å²) in [6.07, 6.45) is -0.134. The summed E-state index contributed by atoms with van der Waals surface area (Å²) in [6, 6.07) is 13.0. The lowest BCUT2D eigenvalue weighted by atomic mass is 10.2. The SMILES string of the molecule is CC[C@H](Oc1cccc(Cl)c1)C(=O)NCCOc1ccc(S(=O)(=O)N(C)C)cc1. The number of carbonyl (C=O) groups excluding carboxylic acids is 1. The van der Waals surface area contributed by atoms with Gasteiger partial charge < -0.3 is 14.8 Å². The van der Waals surface area contributed by atoms with Gasteiger partial charge in [-0.05, 0) is 48.9 Å². The molecule has 0 aliphatic carbocycles. The maximum Gasteiger partial charge on any atom is 0.261 e. The largest absolute Gasteiger partial charge is 0.492 e. The summed E-state index contributed by atoms with van der Waals surface area (Å²) in [5, 5.41) is 3.30. The summed E-state index contributed by atoms with van der Waals surface area (Å²) in [5.41, 5.74) is 0. The minimum absolute atomic E-state index is 0.187. The number of nitrogens with zero attached hydrogens (tertiary/aromatic N) is 1. The molecule has 0 unspecified atom stereocenters. The Bertz CT molecular complexity index is 917. The molecular formula is C20H25ClN2O5S. The molecule has 0 saturated carbocycles. The number of benzene rings is 2. The Labute approximate surface area is 176 Å². The van der Waals surface area contributed by atoms with Gasteiger partial charge in [0.25, 0.3) is 5.91 Å². The molecule has 29 heavy (non-hydrogen) atoms. The van der Waals surface area contributed by atoms with Crippen LogP contribution in [0.4, 0.5) is 0 Å². The molecule has 0 spiro atoms. The Hall–Kier alpha value is -2.29. The van der Waals surface area contributed by atoms with Crippen LogP contribution in [0.2, 0.25) is 5.02 Å². The molecule has 0 fully saturated rings. The topological polar surface area (TPSA) is 84.9 Å². The van der Waals surface area contributed by atoms with Crippen LogP contribution in [-0.2, 0) is 14.8 Å². The van der Waals surface area contributed by atoms with Gasteiger partial charge in [-0.2, -0.15) is 0 Å². The summed E-state index contributed by atoms with van der Waals surface area (Å²) >= 11 is 5.93. The van der Waals surface area contributed by atoms with Crippen LogP contribution in [0.15, 0.2) is 53.4 Å². The third kappa shape index (κ3) is 6.62. The standard InChI is InChI=1S/C20H25ClN2O5S/c1-4-19(28-17-7-5-6-15(21)14-17)20(24)22-12-13-27-16-8-10-18(11-9-16)29(25,26)23(2)3/h5-11,14,19H,4,12-13H2,1-3H3,(H,22,24)/t19-/m0/s1. The molecule has 9 heteroatoms. The summed E-state index contributed by atoms with van der Waals surface area (Å²) in [6.45, 7) is 2.37. The second-order valence-corrected chi connectivity index (χ2v) is 8.96. The fourth-order valence-electron chi connectivity index (χ4n) is 2.40. The van der Waals surface area contributed by atoms with Crippen LogP contribution in [0.1, 0.15) is 13.3 Å². The molecule has 7 nitrogen and oxygen atoms in total. The van der Waals surface area contributed by atoms with Crippen molar-refractivity contribution in [2.45, 2.75) is 24.3 Å². The van der Waals surface area contributed by atoms with Gasteiger partial charge in [-0.15, -0.1) is 0 Å². The molecule has 1 N–H and O–H groups in total. The Morgan fingerprint density at radius 2 is 1.83 bits per heavy atom. The van der Waals surface area contributed by atoms with Crippen molar-refractivity contribution in [2.24, 2.45) is 0 Å². The molecule has 0 saturated heterocycles. The van der Waals surface area contributed by atoms with E-state index in [2.05, 4.69) is 5.32 Å². The predicted molar refractivity (Wildman–Crippen MR) is 112 cm³/mol. The van der Waals surface area contributed by atoms with Crippen LogP contribution in [0.25, 0.3) is 0 Å². The molecule has 1 atom stereocenters. The van der Waals surface area contributed by atoms with Crippen LogP contribution in [0, 0.1) is 0 Å². The minimum atomic E-state index is -3.47. The van der Waals surface area contributed by atoms with Crippen LogP contribution in [0.3, 0.4) is 0 Å². The highest BCUT2D eigenvalue weighted by Gasteiger charge is 2.18. The fraction of sp³-hybridized carbons (Fsp3) is 0.350. The highest BCUT2D eigenvalue weighted by atomic mass is 35.5. The van der Waals surface area contributed by atoms with E-state index in [1.807, 2.05) is 6.92 Å². The van der Waals surface area contributed by atoms with Gasteiger partial charge in [0.15, 0.2) is 6.10 Å². The Kier molecular flexibility index (Phi) is 8.31. The summed E-state index contributed by atoms with van der Waals surface area (Å²) in [5.74, 6) is 0.797. The van der Waals surface area contributed by atoms with Crippen molar-refractivity contribution in [1.82, 2.24) is 9.62 Å². The zero-order valence-electron chi connectivity index (χ0n) is 16.6. The molecule has 1 amide bonds. The van der Waals surface area contributed by atoms with Gasteiger partial charge in [0.2, 0.25) is 10.0 Å². The first-order valence-corrected chi connectivity index (χ1v) is 10.9. The van der Waals surface area contributed by atoms with Crippen molar-refractivity contribution in [3.05, 3.63) is 53.6 Å². The van der Waals surface area contributed by atoms with Gasteiger partial charge in [-0.3, -0.25) is 4.79 Å². The third-order valence-electron chi connectivity index (χ3n) is 4.01. The molecule has 0 bridgehead atoms. The van der Waals surface area contributed by atoms with Gasteiger partial charge in [0.05, 0.1) is 11.4 Å². The first kappa shape index (κ1) is 23.0. The minimum Gasteiger partial charge on any atom is -0.492 e. The molecule has 158 valence electrons. The van der Waals surface area contributed by atoms with E-state index in [0.29, 0.717) is 22.9 Å². The van der Waals surface area contributed by atoms with Crippen molar-refractivity contribution < 1.29 is 22.7 Å². The number of amides is 1. The fourth-order valence-corrected chi connectivity index (χ4v) is 3.48. The van der Waals surface area contributed by atoms with E-state index < -0.39 is 16.1 Å². The number of nitrogens with one attached hydrogen (secondary N) is 1. The van der Waals surface area contributed by atoms with Crippen molar-refractivity contribution >= 4 is 27.5 Å². The zero-order chi connectivity index (χ0) is 21.4. The van der Waals surface area contributed by atoms with E-state index >= 15 is 0 Å². The number of rotatable bonds is 10. The van der Waals surface area contributed by atoms with Gasteiger partial charge in [-0.25, -0.2) is 12.7 Å². The van der Waals surface area contributed by atoms with Crippen LogP contribution < -0.4 is 14.8 Å². The second kappa shape index (κ2) is 10.5. The van der Waals surface area contributed by atoms with E-state index in [0.717, 1.165) is 4.31 Å². The lowest BCUT2D eigenvalue weighted by molar-refractivity contribution is -0.128. The molecule has 2 aromatic rings. The van der Waals surface area contributed by atoms with Crippen molar-refractivity contribution in [1.29, 1.82) is 0 Å². The highest BCUT2D eigenvalue weighted by molar-refractivity contribution is 7.89. The van der Waals surface area contributed by atoms with Crippen molar-refractivity contribution in [3.63, 3.8) is 0 Å². The van der Waals surface area contributed by atoms with E-state index in [4.69, 9.17) is 21.1 Å². The summed E-state index contributed by atoms with van der Waals surface area (Å²) < 4.78 is 36.5. The van der Waals surface area contributed by atoms with Gasteiger partial charge in [0.1, 0.15) is 18.1 Å². The third-order valence-corrected chi connectivity index (χ3v) is 6.07. The van der Waals surface area contributed by atoms with Crippen LogP contribution >= 0.6 is 11.6 Å². The van der Waals surface area contributed by atoms with Gasteiger partial charge in [-0.1, -0.05) is 24.6 Å². The van der Waals surface area contributed by atoms with Crippen molar-refractivity contribution in [2.75, 3.05) is 27.2 Å². The van der Waals surface area contributed by atoms with Crippen molar-refractivity contribution in [3.8, 4) is 11.5 Å². The van der Waals surface area contributed by atoms with E-state index in [1.54, 1.807) is 36.4 Å². The number of hydrogen-bond acceptors (Lipinski definition) is 5. The molecule has 0 heterocycles. The maximum atomic E-state index is 12.3. The number of hydrogen-bond donors (Lipinski definition) is 1. The molecule has 0 aliphatic heterocycles. The van der Waals surface area contributed by atoms with E-state index in [1.165, 1.54) is 26.2 Å². The Balaban J connectivity index is 1.81. The normalized spacial score (nSPS) is 12.4. The van der Waals surface area contributed by atoms with Crippen LogP contribution in [0.5, 0.6) is 11.5 Å². The monoisotopic (exact) mass is 440 g/mol. The lowest BCUT2D eigenvalue weighted by Gasteiger charge is -2.17. The lowest BCUT2D eigenvalue weighted by Crippen LogP contribution is -2.39. The van der Waals surface area contributed by atoms with Gasteiger partial charge >= 0.3 is 0 Å². The second-order valence-electron chi connectivity index (χ2n) is 6.37. The molecule has 2 aromatic carbocycles. The summed E-state index contributed by atoms with van der Waals surface area (Å²) in [7, 11) is -0.524. The highest BCUT2D eigenvalue weighted by Crippen LogP contribution is 2.19.